The Labute approximate surface area is 275 Å². The van der Waals surface area contributed by atoms with Crippen molar-refractivity contribution in [2.75, 3.05) is 40.7 Å². The fourth-order valence-electron chi connectivity index (χ4n) is 5.86. The van der Waals surface area contributed by atoms with Gasteiger partial charge in [-0.1, -0.05) is 18.9 Å². The van der Waals surface area contributed by atoms with E-state index in [0.717, 1.165) is 49.0 Å². The third-order valence-electron chi connectivity index (χ3n) is 8.34. The van der Waals surface area contributed by atoms with Crippen molar-refractivity contribution in [2.24, 2.45) is 0 Å². The van der Waals surface area contributed by atoms with Gasteiger partial charge in [-0.15, -0.1) is 0 Å². The standard InChI is InChI=1S/C34H47N3O8S/c1-41-25-16-15-22(13-14-23-19-27(42-2)33(44-4)28(20-23)43-3)18-26(25)45-31(39)12-6-5-9-17-35-30(38)11-8-7-10-29-32-24(21-46-29)36-34(40)37-32/h15-16,18-20,24,29,32H,5-14,17,21H2,1-4H3,(H,35,38)(H2,36,37,40)/t24-,29-,32-/m0/s1. The Hall–Kier alpha value is -3.80. The molecule has 3 amide bonds. The SMILES string of the molecule is COc1ccc(CCc2cc(OC)c(OC)c(OC)c2)cc1OC(=O)CCCCCNC(=O)CCCC[C@@H]1SC[C@@H]2NC(=O)N[C@@H]21. The van der Waals surface area contributed by atoms with Gasteiger partial charge >= 0.3 is 12.0 Å². The second-order valence-corrected chi connectivity index (χ2v) is 12.8. The van der Waals surface area contributed by atoms with Crippen LogP contribution < -0.4 is 39.6 Å². The quantitative estimate of drug-likeness (QED) is 0.0842. The van der Waals surface area contributed by atoms with Gasteiger partial charge in [-0.3, -0.25) is 9.59 Å². The fourth-order valence-corrected chi connectivity index (χ4v) is 7.40. The summed E-state index contributed by atoms with van der Waals surface area (Å²) < 4.78 is 27.5. The Morgan fingerprint density at radius 3 is 2.22 bits per heavy atom. The summed E-state index contributed by atoms with van der Waals surface area (Å²) in [4.78, 5) is 36.4. The lowest BCUT2D eigenvalue weighted by atomic mass is 10.0. The van der Waals surface area contributed by atoms with E-state index in [0.29, 0.717) is 66.2 Å². The summed E-state index contributed by atoms with van der Waals surface area (Å²) in [7, 11) is 6.31. The minimum atomic E-state index is -0.316. The van der Waals surface area contributed by atoms with Gasteiger partial charge in [-0.25, -0.2) is 4.79 Å². The number of benzene rings is 2. The van der Waals surface area contributed by atoms with Crippen molar-refractivity contribution in [2.45, 2.75) is 81.5 Å². The van der Waals surface area contributed by atoms with Crippen molar-refractivity contribution < 1.29 is 38.1 Å². The summed E-state index contributed by atoms with van der Waals surface area (Å²) in [5.74, 6) is 3.36. The number of esters is 1. The molecule has 0 radical (unpaired) electrons. The average Bonchev–Trinajstić information content (AvgIpc) is 3.62. The van der Waals surface area contributed by atoms with Gasteiger partial charge in [0.15, 0.2) is 23.0 Å². The number of nitrogens with one attached hydrogen (secondary N) is 3. The molecule has 252 valence electrons. The van der Waals surface area contributed by atoms with Gasteiger partial charge in [0.2, 0.25) is 11.7 Å². The number of ether oxygens (including phenoxy) is 5. The van der Waals surface area contributed by atoms with Crippen LogP contribution in [-0.2, 0) is 22.4 Å². The summed E-state index contributed by atoms with van der Waals surface area (Å²) in [6, 6.07) is 9.85. The first-order valence-electron chi connectivity index (χ1n) is 16.0. The molecule has 2 aliphatic rings. The van der Waals surface area contributed by atoms with Crippen LogP contribution in [0.5, 0.6) is 28.7 Å². The number of hydrogen-bond donors (Lipinski definition) is 3. The molecule has 3 atom stereocenters. The maximum Gasteiger partial charge on any atom is 0.315 e. The van der Waals surface area contributed by atoms with Gasteiger partial charge in [-0.05, 0) is 73.9 Å². The third-order valence-corrected chi connectivity index (χ3v) is 9.85. The molecule has 2 fully saturated rings. The highest BCUT2D eigenvalue weighted by Gasteiger charge is 2.42. The maximum atomic E-state index is 12.6. The van der Waals surface area contributed by atoms with Crippen LogP contribution in [0.1, 0.15) is 62.5 Å². The summed E-state index contributed by atoms with van der Waals surface area (Å²) in [6.07, 6.45) is 7.29. The van der Waals surface area contributed by atoms with Crippen LogP contribution in [0.3, 0.4) is 0 Å². The number of urea groups is 1. The molecular formula is C34H47N3O8S. The van der Waals surface area contributed by atoms with Gasteiger partial charge in [0.05, 0.1) is 40.5 Å². The topological polar surface area (TPSA) is 133 Å². The summed E-state index contributed by atoms with van der Waals surface area (Å²) in [5, 5.41) is 9.37. The number of amides is 3. The van der Waals surface area contributed by atoms with E-state index in [1.54, 1.807) is 28.4 Å². The number of hydrogen-bond acceptors (Lipinski definition) is 9. The van der Waals surface area contributed by atoms with Crippen molar-refractivity contribution >= 4 is 29.7 Å². The average molecular weight is 658 g/mol. The molecule has 2 aromatic rings. The molecule has 2 heterocycles. The van der Waals surface area contributed by atoms with Crippen LogP contribution in [0.15, 0.2) is 30.3 Å². The van der Waals surface area contributed by atoms with Crippen LogP contribution in [0.2, 0.25) is 0 Å². The molecule has 0 aromatic heterocycles. The zero-order chi connectivity index (χ0) is 32.9. The smallest absolute Gasteiger partial charge is 0.315 e. The number of unbranched alkanes of at least 4 members (excludes halogenated alkanes) is 3. The first-order valence-corrected chi connectivity index (χ1v) is 17.0. The minimum absolute atomic E-state index is 0.0597. The Morgan fingerprint density at radius 2 is 1.50 bits per heavy atom. The molecule has 11 nitrogen and oxygen atoms in total. The molecule has 2 aliphatic heterocycles. The molecule has 12 heteroatoms. The van der Waals surface area contributed by atoms with Crippen LogP contribution in [-0.4, -0.2) is 76.0 Å². The predicted molar refractivity (Wildman–Crippen MR) is 178 cm³/mol. The van der Waals surface area contributed by atoms with Gasteiger partial charge in [0.25, 0.3) is 0 Å². The number of rotatable bonds is 19. The van der Waals surface area contributed by atoms with Crippen molar-refractivity contribution in [3.8, 4) is 28.7 Å². The summed E-state index contributed by atoms with van der Waals surface area (Å²) in [5.41, 5.74) is 2.02. The van der Waals surface area contributed by atoms with E-state index in [1.165, 1.54) is 0 Å². The Balaban J connectivity index is 1.11. The number of thioether (sulfide) groups is 1. The number of carbonyl (C=O) groups is 3. The maximum absolute atomic E-state index is 12.6. The Kier molecular flexibility index (Phi) is 13.5. The molecule has 3 N–H and O–H groups in total. The largest absolute Gasteiger partial charge is 0.493 e. The molecule has 0 spiro atoms. The van der Waals surface area contributed by atoms with E-state index in [1.807, 2.05) is 42.1 Å². The highest BCUT2D eigenvalue weighted by atomic mass is 32.2. The van der Waals surface area contributed by atoms with Crippen LogP contribution >= 0.6 is 11.8 Å². The minimum Gasteiger partial charge on any atom is -0.493 e. The first kappa shape index (κ1) is 35.1. The lowest BCUT2D eigenvalue weighted by Crippen LogP contribution is -2.36. The van der Waals surface area contributed by atoms with E-state index < -0.39 is 0 Å². The van der Waals surface area contributed by atoms with Crippen molar-refractivity contribution in [1.82, 2.24) is 16.0 Å². The molecule has 0 saturated carbocycles. The van der Waals surface area contributed by atoms with E-state index in [4.69, 9.17) is 23.7 Å². The van der Waals surface area contributed by atoms with E-state index in [2.05, 4.69) is 16.0 Å². The number of fused-ring (bicyclic) bond motifs is 1. The molecule has 2 saturated heterocycles. The zero-order valence-corrected chi connectivity index (χ0v) is 28.1. The number of methoxy groups -OCH3 is 4. The van der Waals surface area contributed by atoms with Crippen molar-refractivity contribution in [3.05, 3.63) is 41.5 Å². The highest BCUT2D eigenvalue weighted by Crippen LogP contribution is 2.39. The fraction of sp³-hybridized carbons (Fsp3) is 0.559. The highest BCUT2D eigenvalue weighted by molar-refractivity contribution is 8.00. The van der Waals surface area contributed by atoms with Crippen LogP contribution in [0.4, 0.5) is 4.79 Å². The summed E-state index contributed by atoms with van der Waals surface area (Å²) >= 11 is 1.90. The summed E-state index contributed by atoms with van der Waals surface area (Å²) in [6.45, 7) is 0.593. The molecule has 46 heavy (non-hydrogen) atoms. The normalized spacial score (nSPS) is 18.3. The van der Waals surface area contributed by atoms with Crippen molar-refractivity contribution in [3.63, 3.8) is 0 Å². The molecular weight excluding hydrogens is 610 g/mol. The van der Waals surface area contributed by atoms with E-state index >= 15 is 0 Å². The molecule has 0 unspecified atom stereocenters. The lowest BCUT2D eigenvalue weighted by molar-refractivity contribution is -0.134. The number of carbonyl (C=O) groups excluding carboxylic acids is 3. The van der Waals surface area contributed by atoms with E-state index in [9.17, 15) is 14.4 Å². The molecule has 4 rings (SSSR count). The second kappa shape index (κ2) is 17.8. The number of aryl methyl sites for hydroxylation is 2. The third kappa shape index (κ3) is 9.85. The van der Waals surface area contributed by atoms with Gasteiger partial charge in [-0.2, -0.15) is 11.8 Å². The Bertz CT molecular complexity index is 1310. The van der Waals surface area contributed by atoms with Crippen molar-refractivity contribution in [1.29, 1.82) is 0 Å². The predicted octanol–water partition coefficient (Wildman–Crippen LogP) is 4.81. The Morgan fingerprint density at radius 1 is 0.804 bits per heavy atom. The van der Waals surface area contributed by atoms with Crippen LogP contribution in [0.25, 0.3) is 0 Å². The molecule has 0 aliphatic carbocycles. The zero-order valence-electron chi connectivity index (χ0n) is 27.3. The van der Waals surface area contributed by atoms with Gasteiger partial charge in [0.1, 0.15) is 0 Å². The van der Waals surface area contributed by atoms with Crippen LogP contribution in [0, 0.1) is 0 Å². The monoisotopic (exact) mass is 657 g/mol. The lowest BCUT2D eigenvalue weighted by Gasteiger charge is -2.16. The van der Waals surface area contributed by atoms with E-state index in [-0.39, 0.29) is 36.4 Å². The van der Waals surface area contributed by atoms with Gasteiger partial charge in [0, 0.05) is 30.4 Å². The van der Waals surface area contributed by atoms with Gasteiger partial charge < -0.3 is 39.6 Å². The molecule has 2 aromatic carbocycles. The second-order valence-electron chi connectivity index (χ2n) is 11.5. The first-order chi connectivity index (χ1) is 22.3. The molecule has 0 bridgehead atoms.